The second-order valence-corrected chi connectivity index (χ2v) is 9.35. The SMILES string of the molecule is COC(c1ccc(NCc2ccc(C(F)(F)F)cc2)nc1)c1c[nH]c2ncc(OCCN3CCCC3)cc12. The van der Waals surface area contributed by atoms with E-state index in [4.69, 9.17) is 9.47 Å². The Balaban J connectivity index is 1.24. The first-order valence-electron chi connectivity index (χ1n) is 12.6. The van der Waals surface area contributed by atoms with Crippen LogP contribution >= 0.6 is 0 Å². The molecule has 0 bridgehead atoms. The van der Waals surface area contributed by atoms with Gasteiger partial charge in [0.15, 0.2) is 0 Å². The number of rotatable bonds is 10. The molecule has 38 heavy (non-hydrogen) atoms. The quantitative estimate of drug-likeness (QED) is 0.273. The monoisotopic (exact) mass is 525 g/mol. The van der Waals surface area contributed by atoms with Gasteiger partial charge in [-0.05, 0) is 55.8 Å². The average Bonchev–Trinajstić information content (AvgIpc) is 3.59. The molecule has 1 unspecified atom stereocenters. The van der Waals surface area contributed by atoms with Crippen LogP contribution in [0.15, 0.2) is 61.1 Å². The number of anilines is 1. The van der Waals surface area contributed by atoms with Crippen molar-refractivity contribution in [1.29, 1.82) is 0 Å². The Bertz CT molecular complexity index is 1330. The fraction of sp³-hybridized carbons (Fsp3) is 0.357. The van der Waals surface area contributed by atoms with Crippen LogP contribution in [0.25, 0.3) is 11.0 Å². The molecule has 200 valence electrons. The van der Waals surface area contributed by atoms with Gasteiger partial charge < -0.3 is 19.8 Å². The molecule has 1 atom stereocenters. The van der Waals surface area contributed by atoms with Gasteiger partial charge in [-0.1, -0.05) is 18.2 Å². The first-order chi connectivity index (χ1) is 18.4. The van der Waals surface area contributed by atoms with Gasteiger partial charge in [0.1, 0.15) is 29.9 Å². The van der Waals surface area contributed by atoms with Gasteiger partial charge >= 0.3 is 6.18 Å². The van der Waals surface area contributed by atoms with Crippen molar-refractivity contribution in [2.75, 3.05) is 38.7 Å². The Morgan fingerprint density at radius 1 is 1.05 bits per heavy atom. The average molecular weight is 526 g/mol. The van der Waals surface area contributed by atoms with Gasteiger partial charge in [0, 0.05) is 49.1 Å². The van der Waals surface area contributed by atoms with E-state index in [1.807, 2.05) is 24.4 Å². The van der Waals surface area contributed by atoms with Crippen molar-refractivity contribution in [3.8, 4) is 5.75 Å². The molecular formula is C28H30F3N5O2. The third-order valence-corrected chi connectivity index (χ3v) is 6.78. The first kappa shape index (κ1) is 26.0. The minimum absolute atomic E-state index is 0.354. The predicted octanol–water partition coefficient (Wildman–Crippen LogP) is 5.80. The molecule has 0 spiro atoms. The van der Waals surface area contributed by atoms with Gasteiger partial charge in [0.25, 0.3) is 0 Å². The van der Waals surface area contributed by atoms with Gasteiger partial charge in [0.2, 0.25) is 0 Å². The van der Waals surface area contributed by atoms with Gasteiger partial charge in [-0.2, -0.15) is 13.2 Å². The summed E-state index contributed by atoms with van der Waals surface area (Å²) >= 11 is 0. The Hall–Kier alpha value is -3.63. The van der Waals surface area contributed by atoms with Crippen LogP contribution in [0.2, 0.25) is 0 Å². The number of methoxy groups -OCH3 is 1. The zero-order valence-corrected chi connectivity index (χ0v) is 21.1. The zero-order valence-electron chi connectivity index (χ0n) is 21.1. The summed E-state index contributed by atoms with van der Waals surface area (Å²) in [6, 6.07) is 10.8. The highest BCUT2D eigenvalue weighted by Gasteiger charge is 2.29. The number of hydrogen-bond acceptors (Lipinski definition) is 6. The van der Waals surface area contributed by atoms with Crippen LogP contribution in [0.5, 0.6) is 5.75 Å². The van der Waals surface area contributed by atoms with E-state index in [9.17, 15) is 13.2 Å². The summed E-state index contributed by atoms with van der Waals surface area (Å²) in [5, 5.41) is 4.06. The van der Waals surface area contributed by atoms with E-state index in [1.165, 1.54) is 25.0 Å². The van der Waals surface area contributed by atoms with E-state index < -0.39 is 11.7 Å². The Kier molecular flexibility index (Phi) is 7.80. The smallest absolute Gasteiger partial charge is 0.416 e. The summed E-state index contributed by atoms with van der Waals surface area (Å²) in [6.07, 6.45) is 3.13. The number of nitrogens with zero attached hydrogens (tertiary/aromatic N) is 3. The lowest BCUT2D eigenvalue weighted by Crippen LogP contribution is -2.25. The molecule has 1 aliphatic rings. The van der Waals surface area contributed by atoms with Crippen molar-refractivity contribution in [2.24, 2.45) is 0 Å². The number of ether oxygens (including phenoxy) is 2. The Labute approximate surface area is 219 Å². The number of aromatic nitrogens is 3. The number of H-pyrrole nitrogens is 1. The van der Waals surface area contributed by atoms with Crippen LogP contribution < -0.4 is 10.1 Å². The van der Waals surface area contributed by atoms with Crippen molar-refractivity contribution >= 4 is 16.9 Å². The molecule has 10 heteroatoms. The minimum atomic E-state index is -4.34. The van der Waals surface area contributed by atoms with Crippen LogP contribution in [0.4, 0.5) is 19.0 Å². The number of aromatic amines is 1. The summed E-state index contributed by atoms with van der Waals surface area (Å²) in [7, 11) is 1.64. The lowest BCUT2D eigenvalue weighted by Gasteiger charge is -2.16. The summed E-state index contributed by atoms with van der Waals surface area (Å²) < 4.78 is 50.1. The molecule has 3 aromatic heterocycles. The number of benzene rings is 1. The van der Waals surface area contributed by atoms with Crippen molar-refractivity contribution in [3.05, 3.63) is 83.3 Å². The lowest BCUT2D eigenvalue weighted by molar-refractivity contribution is -0.137. The molecule has 7 nitrogen and oxygen atoms in total. The Morgan fingerprint density at radius 2 is 1.84 bits per heavy atom. The maximum atomic E-state index is 12.8. The molecule has 1 fully saturated rings. The molecule has 1 aromatic carbocycles. The minimum Gasteiger partial charge on any atom is -0.491 e. The molecule has 1 saturated heterocycles. The van der Waals surface area contributed by atoms with Gasteiger partial charge in [0.05, 0.1) is 11.8 Å². The second-order valence-electron chi connectivity index (χ2n) is 9.35. The number of likely N-dealkylation sites (tertiary alicyclic amines) is 1. The highest BCUT2D eigenvalue weighted by molar-refractivity contribution is 5.82. The molecule has 2 N–H and O–H groups in total. The number of hydrogen-bond donors (Lipinski definition) is 2. The van der Waals surface area contributed by atoms with E-state index in [1.54, 1.807) is 19.5 Å². The van der Waals surface area contributed by atoms with E-state index in [0.717, 1.165) is 59.5 Å². The van der Waals surface area contributed by atoms with E-state index >= 15 is 0 Å². The van der Waals surface area contributed by atoms with Crippen molar-refractivity contribution < 1.29 is 22.6 Å². The van der Waals surface area contributed by atoms with Gasteiger partial charge in [-0.25, -0.2) is 9.97 Å². The van der Waals surface area contributed by atoms with Gasteiger partial charge in [-0.3, -0.25) is 4.90 Å². The van der Waals surface area contributed by atoms with Crippen LogP contribution in [0.3, 0.4) is 0 Å². The molecule has 4 heterocycles. The third kappa shape index (κ3) is 6.08. The van der Waals surface area contributed by atoms with E-state index in [2.05, 4.69) is 25.2 Å². The first-order valence-corrected chi connectivity index (χ1v) is 12.6. The standard InChI is InChI=1S/C28H30F3N5O2/c1-37-26(20-6-9-25(33-16-20)32-15-19-4-7-21(8-5-19)28(29,30)31)24-18-35-27-23(24)14-22(17-34-27)38-13-12-36-10-2-3-11-36/h4-9,14,16-18,26H,2-3,10-13,15H2,1H3,(H,32,33)(H,34,35). The predicted molar refractivity (Wildman–Crippen MR) is 139 cm³/mol. The van der Waals surface area contributed by atoms with Crippen molar-refractivity contribution in [3.63, 3.8) is 0 Å². The Morgan fingerprint density at radius 3 is 2.53 bits per heavy atom. The number of nitrogens with one attached hydrogen (secondary N) is 2. The van der Waals surface area contributed by atoms with Crippen LogP contribution in [0, 0.1) is 0 Å². The highest BCUT2D eigenvalue weighted by atomic mass is 19.4. The fourth-order valence-electron chi connectivity index (χ4n) is 4.71. The fourth-order valence-corrected chi connectivity index (χ4v) is 4.71. The molecule has 5 rings (SSSR count). The maximum absolute atomic E-state index is 12.8. The molecule has 0 amide bonds. The number of pyridine rings is 2. The topological polar surface area (TPSA) is 75.3 Å². The molecule has 0 saturated carbocycles. The van der Waals surface area contributed by atoms with Crippen molar-refractivity contribution in [2.45, 2.75) is 31.7 Å². The molecule has 0 aliphatic carbocycles. The third-order valence-electron chi connectivity index (χ3n) is 6.78. The number of alkyl halides is 3. The number of halogens is 3. The number of fused-ring (bicyclic) bond motifs is 1. The highest BCUT2D eigenvalue weighted by Crippen LogP contribution is 2.33. The molecule has 0 radical (unpaired) electrons. The summed E-state index contributed by atoms with van der Waals surface area (Å²) in [5.74, 6) is 1.33. The van der Waals surface area contributed by atoms with Crippen molar-refractivity contribution in [1.82, 2.24) is 19.9 Å². The largest absolute Gasteiger partial charge is 0.491 e. The van der Waals surface area contributed by atoms with Crippen LogP contribution in [0.1, 0.15) is 41.2 Å². The van der Waals surface area contributed by atoms with Gasteiger partial charge in [-0.15, -0.1) is 0 Å². The molecular weight excluding hydrogens is 495 g/mol. The zero-order chi connectivity index (χ0) is 26.5. The second kappa shape index (κ2) is 11.4. The lowest BCUT2D eigenvalue weighted by atomic mass is 10.0. The molecule has 1 aliphatic heterocycles. The maximum Gasteiger partial charge on any atom is 0.416 e. The molecule has 4 aromatic rings. The van der Waals surface area contributed by atoms with Crippen LogP contribution in [-0.2, 0) is 17.5 Å². The normalized spacial score (nSPS) is 15.2. The summed E-state index contributed by atoms with van der Waals surface area (Å²) in [6.45, 7) is 4.15. The van der Waals surface area contributed by atoms with E-state index in [0.29, 0.717) is 24.7 Å². The summed E-state index contributed by atoms with van der Waals surface area (Å²) in [5.41, 5.74) is 2.59. The van der Waals surface area contributed by atoms with E-state index in [-0.39, 0.29) is 6.10 Å². The summed E-state index contributed by atoms with van der Waals surface area (Å²) in [4.78, 5) is 14.6. The van der Waals surface area contributed by atoms with Crippen LogP contribution in [-0.4, -0.2) is 53.2 Å².